The molecule has 1 aliphatic heterocycles. The molecular weight excluding hydrogens is 451 g/mol. The Morgan fingerprint density at radius 2 is 1.94 bits per heavy atom. The van der Waals surface area contributed by atoms with E-state index in [-0.39, 0.29) is 23.0 Å². The number of piperazine rings is 1. The number of pyridine rings is 1. The zero-order valence-electron chi connectivity index (χ0n) is 19.4. The lowest BCUT2D eigenvalue weighted by Gasteiger charge is -2.33. The molecule has 3 aromatic heterocycles. The number of aryl methyl sites for hydroxylation is 1. The van der Waals surface area contributed by atoms with Gasteiger partial charge in [-0.1, -0.05) is 0 Å². The number of anilines is 3. The molecule has 1 aromatic carbocycles. The van der Waals surface area contributed by atoms with Crippen molar-refractivity contribution >= 4 is 34.1 Å². The van der Waals surface area contributed by atoms with Crippen LogP contribution in [-0.2, 0) is 0 Å². The van der Waals surface area contributed by atoms with Crippen LogP contribution in [0.25, 0.3) is 10.9 Å². The van der Waals surface area contributed by atoms with Gasteiger partial charge in [0.25, 0.3) is 5.91 Å². The van der Waals surface area contributed by atoms with E-state index in [1.54, 1.807) is 24.4 Å². The molecule has 1 amide bonds. The summed E-state index contributed by atoms with van der Waals surface area (Å²) in [6.07, 6.45) is 2.97. The normalized spacial score (nSPS) is 14.3. The fraction of sp³-hybridized carbons (Fsp3) is 0.250. The summed E-state index contributed by atoms with van der Waals surface area (Å²) in [5.41, 5.74) is 7.97. The van der Waals surface area contributed by atoms with Crippen molar-refractivity contribution < 1.29 is 13.9 Å². The number of benzene rings is 1. The third kappa shape index (κ3) is 4.58. The molecule has 11 heteroatoms. The molecule has 4 N–H and O–H groups in total. The molecule has 5 rings (SSSR count). The number of primary amides is 1. The summed E-state index contributed by atoms with van der Waals surface area (Å²) >= 11 is 0. The molecule has 0 spiro atoms. The van der Waals surface area contributed by atoms with Crippen LogP contribution in [0, 0.1) is 12.7 Å². The summed E-state index contributed by atoms with van der Waals surface area (Å²) in [5.74, 6) is -1.06. The minimum absolute atomic E-state index is 0.0849. The number of H-pyrrole nitrogens is 1. The van der Waals surface area contributed by atoms with E-state index in [2.05, 4.69) is 42.1 Å². The zero-order valence-corrected chi connectivity index (χ0v) is 19.4. The van der Waals surface area contributed by atoms with E-state index in [4.69, 9.17) is 10.5 Å². The van der Waals surface area contributed by atoms with Crippen LogP contribution in [0.4, 0.5) is 21.7 Å². The Kier molecular flexibility index (Phi) is 5.91. The van der Waals surface area contributed by atoms with Crippen molar-refractivity contribution in [2.24, 2.45) is 5.73 Å². The predicted octanol–water partition coefficient (Wildman–Crippen LogP) is 3.19. The first-order valence-electron chi connectivity index (χ1n) is 11.2. The highest BCUT2D eigenvalue weighted by atomic mass is 19.1. The molecule has 1 fully saturated rings. The van der Waals surface area contributed by atoms with E-state index < -0.39 is 11.7 Å². The Morgan fingerprint density at radius 3 is 2.66 bits per heavy atom. The fourth-order valence-electron chi connectivity index (χ4n) is 4.07. The van der Waals surface area contributed by atoms with Crippen molar-refractivity contribution in [3.8, 4) is 11.6 Å². The third-order valence-corrected chi connectivity index (χ3v) is 5.97. The summed E-state index contributed by atoms with van der Waals surface area (Å²) in [6, 6.07) is 8.58. The van der Waals surface area contributed by atoms with Crippen LogP contribution in [0.5, 0.6) is 11.6 Å². The Balaban J connectivity index is 1.40. The van der Waals surface area contributed by atoms with Gasteiger partial charge in [0.05, 0.1) is 11.9 Å². The number of rotatable bonds is 6. The lowest BCUT2D eigenvalue weighted by Crippen LogP contribution is -2.44. The van der Waals surface area contributed by atoms with Crippen LogP contribution in [0.1, 0.15) is 16.1 Å². The summed E-state index contributed by atoms with van der Waals surface area (Å²) in [7, 11) is 2.10. The van der Waals surface area contributed by atoms with Crippen LogP contribution in [0.15, 0.2) is 42.9 Å². The van der Waals surface area contributed by atoms with Crippen LogP contribution in [0.3, 0.4) is 0 Å². The molecule has 0 atom stereocenters. The number of halogens is 1. The van der Waals surface area contributed by atoms with E-state index in [0.717, 1.165) is 37.6 Å². The lowest BCUT2D eigenvalue weighted by molar-refractivity contribution is 0.0998. The molecular formula is C24H25FN8O2. The highest BCUT2D eigenvalue weighted by Crippen LogP contribution is 2.33. The lowest BCUT2D eigenvalue weighted by atomic mass is 10.2. The first kappa shape index (κ1) is 22.5. The molecule has 10 nitrogen and oxygen atoms in total. The number of carbonyl (C=O) groups excluding carboxylic acids is 1. The van der Waals surface area contributed by atoms with E-state index >= 15 is 4.39 Å². The molecule has 180 valence electrons. The molecule has 4 heterocycles. The summed E-state index contributed by atoms with van der Waals surface area (Å²) in [6.45, 7) is 5.66. The van der Waals surface area contributed by atoms with Gasteiger partial charge >= 0.3 is 0 Å². The van der Waals surface area contributed by atoms with Crippen LogP contribution in [0.2, 0.25) is 0 Å². The maximum Gasteiger partial charge on any atom is 0.258 e. The molecule has 0 aliphatic carbocycles. The molecule has 1 aliphatic rings. The van der Waals surface area contributed by atoms with Crippen molar-refractivity contribution in [1.29, 1.82) is 0 Å². The second kappa shape index (κ2) is 9.18. The number of nitrogens with one attached hydrogen (secondary N) is 2. The van der Waals surface area contributed by atoms with Crippen molar-refractivity contribution in [1.82, 2.24) is 24.8 Å². The average Bonchev–Trinajstić information content (AvgIpc) is 3.23. The van der Waals surface area contributed by atoms with Gasteiger partial charge in [0, 0.05) is 42.8 Å². The number of hydrogen-bond donors (Lipinski definition) is 3. The van der Waals surface area contributed by atoms with Gasteiger partial charge in [0.2, 0.25) is 5.88 Å². The number of aromatic amines is 1. The fourth-order valence-corrected chi connectivity index (χ4v) is 4.07. The van der Waals surface area contributed by atoms with E-state index in [0.29, 0.717) is 16.7 Å². The first-order valence-corrected chi connectivity index (χ1v) is 11.2. The Bertz CT molecular complexity index is 1380. The molecule has 1 saturated heterocycles. The number of nitrogens with zero attached hydrogens (tertiary/aromatic N) is 5. The Hall–Kier alpha value is -4.25. The van der Waals surface area contributed by atoms with E-state index in [1.807, 2.05) is 13.0 Å². The quantitative estimate of drug-likeness (QED) is 0.388. The number of carbonyl (C=O) groups is 1. The number of aromatic nitrogens is 4. The number of ether oxygens (including phenoxy) is 1. The highest BCUT2D eigenvalue weighted by molar-refractivity contribution is 6.00. The van der Waals surface area contributed by atoms with Crippen LogP contribution < -0.4 is 20.7 Å². The average molecular weight is 477 g/mol. The second-order valence-electron chi connectivity index (χ2n) is 8.48. The van der Waals surface area contributed by atoms with Gasteiger partial charge in [-0.05, 0) is 44.3 Å². The van der Waals surface area contributed by atoms with Gasteiger partial charge in [0.15, 0.2) is 17.4 Å². The van der Waals surface area contributed by atoms with Gasteiger partial charge in [-0.2, -0.15) is 0 Å². The van der Waals surface area contributed by atoms with Crippen LogP contribution >= 0.6 is 0 Å². The van der Waals surface area contributed by atoms with Gasteiger partial charge in [0.1, 0.15) is 17.7 Å². The maximum atomic E-state index is 15.0. The van der Waals surface area contributed by atoms with Crippen molar-refractivity contribution in [3.05, 3.63) is 59.9 Å². The number of fused-ring (bicyclic) bond motifs is 1. The molecule has 35 heavy (non-hydrogen) atoms. The topological polar surface area (TPSA) is 125 Å². The number of nitrogens with two attached hydrogens (primary N) is 1. The summed E-state index contributed by atoms with van der Waals surface area (Å²) < 4.78 is 20.7. The van der Waals surface area contributed by atoms with Crippen molar-refractivity contribution in [3.63, 3.8) is 0 Å². The molecule has 0 bridgehead atoms. The Morgan fingerprint density at radius 1 is 1.14 bits per heavy atom. The smallest absolute Gasteiger partial charge is 0.258 e. The van der Waals surface area contributed by atoms with E-state index in [9.17, 15) is 4.79 Å². The van der Waals surface area contributed by atoms with Gasteiger partial charge in [-0.25, -0.2) is 19.3 Å². The van der Waals surface area contributed by atoms with E-state index in [1.165, 1.54) is 12.4 Å². The minimum atomic E-state index is -0.823. The van der Waals surface area contributed by atoms with Gasteiger partial charge < -0.3 is 30.6 Å². The summed E-state index contributed by atoms with van der Waals surface area (Å²) in [5, 5.41) is 3.37. The predicted molar refractivity (Wildman–Crippen MR) is 131 cm³/mol. The van der Waals surface area contributed by atoms with Crippen molar-refractivity contribution in [2.75, 3.05) is 43.4 Å². The standard InChI is InChI=1S/C24H25FN8O2/c1-14-11-16-17(30-14)4-5-18(21(16)25)35-24-20(22(26)34)23(28-13-29-24)31-19-6-3-15(12-27-19)33-9-7-32(2)8-10-33/h3-6,11-13,30H,7-10H2,1-2H3,(H2,26,34)(H,27,28,29,31). The van der Waals surface area contributed by atoms with Crippen molar-refractivity contribution in [2.45, 2.75) is 6.92 Å². The molecule has 0 unspecified atom stereocenters. The SMILES string of the molecule is Cc1cc2c(F)c(Oc3ncnc(Nc4ccc(N5CCN(C)CC5)cn4)c3C(N)=O)ccc2[nH]1. The van der Waals surface area contributed by atoms with Gasteiger partial charge in [-0.3, -0.25) is 4.79 Å². The number of likely N-dealkylation sites (N-methyl/N-ethyl adjacent to an activating group) is 1. The monoisotopic (exact) mass is 476 g/mol. The largest absolute Gasteiger partial charge is 0.435 e. The molecule has 4 aromatic rings. The second-order valence-corrected chi connectivity index (χ2v) is 8.48. The Labute approximate surface area is 200 Å². The number of amides is 1. The third-order valence-electron chi connectivity index (χ3n) is 5.97. The first-order chi connectivity index (χ1) is 16.9. The van der Waals surface area contributed by atoms with Gasteiger partial charge in [-0.15, -0.1) is 0 Å². The molecule has 0 radical (unpaired) electrons. The number of hydrogen-bond acceptors (Lipinski definition) is 8. The zero-order chi connectivity index (χ0) is 24.5. The highest BCUT2D eigenvalue weighted by Gasteiger charge is 2.22. The molecule has 0 saturated carbocycles. The maximum absolute atomic E-state index is 15.0. The van der Waals surface area contributed by atoms with Crippen LogP contribution in [-0.4, -0.2) is 64.0 Å². The minimum Gasteiger partial charge on any atom is -0.435 e. The summed E-state index contributed by atoms with van der Waals surface area (Å²) in [4.78, 5) is 32.5.